The highest BCUT2D eigenvalue weighted by Gasteiger charge is 2.36. The summed E-state index contributed by atoms with van der Waals surface area (Å²) in [5, 5.41) is 7.12. The van der Waals surface area contributed by atoms with E-state index in [2.05, 4.69) is 27.8 Å². The summed E-state index contributed by atoms with van der Waals surface area (Å²) in [6.45, 7) is 0. The van der Waals surface area contributed by atoms with E-state index in [1.165, 1.54) is 5.56 Å². The fourth-order valence-electron chi connectivity index (χ4n) is 4.22. The number of para-hydroxylation sites is 2. The second-order valence-electron chi connectivity index (χ2n) is 7.33. The van der Waals surface area contributed by atoms with E-state index in [4.69, 9.17) is 0 Å². The summed E-state index contributed by atoms with van der Waals surface area (Å²) in [5.41, 5.74) is 5.86. The first kappa shape index (κ1) is 16.8. The first-order valence-electron chi connectivity index (χ1n) is 9.64. The van der Waals surface area contributed by atoms with Crippen LogP contribution in [0.1, 0.15) is 36.1 Å². The Hall–Kier alpha value is -3.40. The number of nitrogens with one attached hydrogen (secondary N) is 2. The van der Waals surface area contributed by atoms with Crippen LogP contribution in [-0.4, -0.2) is 10.8 Å². The van der Waals surface area contributed by atoms with E-state index in [-0.39, 0.29) is 17.7 Å². The second-order valence-corrected chi connectivity index (χ2v) is 7.33. The molecule has 2 N–H and O–H groups in total. The Kier molecular flexibility index (Phi) is 4.17. The van der Waals surface area contributed by atoms with Crippen LogP contribution in [0.4, 0.5) is 11.4 Å². The van der Waals surface area contributed by atoms with Gasteiger partial charge in [-0.25, -0.2) is 0 Å². The van der Waals surface area contributed by atoms with Gasteiger partial charge in [-0.2, -0.15) is 0 Å². The number of carbonyl (C=O) groups is 1. The molecule has 4 nitrogen and oxygen atoms in total. The number of Topliss-reactive ketones (excluding diaryl/α,β-unsaturated/α-hetero) is 1. The SMILES string of the molecule is O=C1C[C@@H](c2ccccc2)CC2=C1[C@@H](c1ccccn1)Nc1ccccc1N2. The highest BCUT2D eigenvalue weighted by atomic mass is 16.1. The molecule has 0 saturated carbocycles. The van der Waals surface area contributed by atoms with Crippen molar-refractivity contribution < 1.29 is 4.79 Å². The summed E-state index contributed by atoms with van der Waals surface area (Å²) in [4.78, 5) is 17.9. The van der Waals surface area contributed by atoms with Crippen molar-refractivity contribution in [1.82, 2.24) is 4.98 Å². The molecule has 1 aliphatic carbocycles. The number of aromatic nitrogens is 1. The standard InChI is InChI=1S/C24H21N3O/c28-22-15-17(16-8-2-1-3-9-16)14-21-23(22)24(20-12-6-7-13-25-20)27-19-11-5-4-10-18(19)26-21/h1-13,17,24,26-27H,14-15H2/t17-,24+/m0/s1. The molecular formula is C24H21N3O. The third-order valence-electron chi connectivity index (χ3n) is 5.56. The van der Waals surface area contributed by atoms with Gasteiger partial charge in [0, 0.05) is 23.9 Å². The molecule has 138 valence electrons. The van der Waals surface area contributed by atoms with Crippen molar-refractivity contribution in [1.29, 1.82) is 0 Å². The zero-order valence-corrected chi connectivity index (χ0v) is 15.4. The van der Waals surface area contributed by atoms with Gasteiger partial charge in [0.15, 0.2) is 5.78 Å². The Morgan fingerprint density at radius 1 is 0.821 bits per heavy atom. The van der Waals surface area contributed by atoms with E-state index in [1.807, 2.05) is 60.7 Å². The lowest BCUT2D eigenvalue weighted by Gasteiger charge is -2.29. The first-order chi connectivity index (χ1) is 13.8. The maximum atomic E-state index is 13.3. The van der Waals surface area contributed by atoms with Crippen molar-refractivity contribution in [3.8, 4) is 0 Å². The molecule has 0 amide bonds. The van der Waals surface area contributed by atoms with E-state index in [0.717, 1.165) is 34.8 Å². The number of anilines is 2. The molecule has 0 spiro atoms. The van der Waals surface area contributed by atoms with E-state index < -0.39 is 0 Å². The van der Waals surface area contributed by atoms with E-state index in [9.17, 15) is 4.79 Å². The van der Waals surface area contributed by atoms with Crippen LogP contribution in [-0.2, 0) is 4.79 Å². The number of fused-ring (bicyclic) bond motifs is 1. The Labute approximate surface area is 164 Å². The van der Waals surface area contributed by atoms with Gasteiger partial charge in [-0.05, 0) is 42.2 Å². The average Bonchev–Trinajstić information content (AvgIpc) is 2.92. The van der Waals surface area contributed by atoms with Crippen molar-refractivity contribution in [2.45, 2.75) is 24.8 Å². The van der Waals surface area contributed by atoms with Gasteiger partial charge in [-0.3, -0.25) is 9.78 Å². The molecule has 3 aromatic rings. The number of rotatable bonds is 2. The smallest absolute Gasteiger partial charge is 0.163 e. The monoisotopic (exact) mass is 367 g/mol. The number of hydrogen-bond acceptors (Lipinski definition) is 4. The van der Waals surface area contributed by atoms with Crippen LogP contribution in [0.15, 0.2) is 90.3 Å². The largest absolute Gasteiger partial charge is 0.371 e. The van der Waals surface area contributed by atoms with Crippen molar-refractivity contribution in [3.05, 3.63) is 102 Å². The van der Waals surface area contributed by atoms with Gasteiger partial charge in [0.2, 0.25) is 0 Å². The topological polar surface area (TPSA) is 54.0 Å². The van der Waals surface area contributed by atoms with Crippen LogP contribution in [0.2, 0.25) is 0 Å². The van der Waals surface area contributed by atoms with Crippen LogP contribution in [0.25, 0.3) is 0 Å². The molecule has 2 heterocycles. The summed E-state index contributed by atoms with van der Waals surface area (Å²) in [7, 11) is 0. The van der Waals surface area contributed by atoms with Gasteiger partial charge in [-0.1, -0.05) is 48.5 Å². The number of allylic oxidation sites excluding steroid dienone is 1. The molecule has 1 aromatic heterocycles. The molecule has 0 bridgehead atoms. The maximum Gasteiger partial charge on any atom is 0.163 e. The van der Waals surface area contributed by atoms with Crippen LogP contribution in [0, 0.1) is 0 Å². The van der Waals surface area contributed by atoms with Crippen molar-refractivity contribution in [3.63, 3.8) is 0 Å². The number of carbonyl (C=O) groups excluding carboxylic acids is 1. The molecule has 0 saturated heterocycles. The highest BCUT2D eigenvalue weighted by molar-refractivity contribution is 6.01. The maximum absolute atomic E-state index is 13.3. The first-order valence-corrected chi connectivity index (χ1v) is 9.64. The molecule has 2 aliphatic rings. The minimum Gasteiger partial charge on any atom is -0.371 e. The molecule has 2 aromatic carbocycles. The normalized spacial score (nSPS) is 21.1. The zero-order valence-electron chi connectivity index (χ0n) is 15.4. The zero-order chi connectivity index (χ0) is 18.9. The van der Waals surface area contributed by atoms with E-state index in [0.29, 0.717) is 6.42 Å². The summed E-state index contributed by atoms with van der Waals surface area (Å²) < 4.78 is 0. The van der Waals surface area contributed by atoms with Crippen molar-refractivity contribution in [2.75, 3.05) is 10.6 Å². The number of ketones is 1. The quantitative estimate of drug-likeness (QED) is 0.665. The number of pyridine rings is 1. The number of hydrogen-bond donors (Lipinski definition) is 2. The Bertz CT molecular complexity index is 1040. The average molecular weight is 367 g/mol. The predicted octanol–water partition coefficient (Wildman–Crippen LogP) is 5.06. The van der Waals surface area contributed by atoms with Gasteiger partial charge in [-0.15, -0.1) is 0 Å². The third kappa shape index (κ3) is 2.97. The van der Waals surface area contributed by atoms with E-state index >= 15 is 0 Å². The Morgan fingerprint density at radius 3 is 2.36 bits per heavy atom. The van der Waals surface area contributed by atoms with Gasteiger partial charge in [0.25, 0.3) is 0 Å². The minimum atomic E-state index is -0.253. The Morgan fingerprint density at radius 2 is 1.57 bits per heavy atom. The molecule has 5 rings (SSSR count). The van der Waals surface area contributed by atoms with Gasteiger partial charge >= 0.3 is 0 Å². The molecule has 0 unspecified atom stereocenters. The molecule has 4 heteroatoms. The summed E-state index contributed by atoms with van der Waals surface area (Å²) in [6.07, 6.45) is 3.11. The Balaban J connectivity index is 1.62. The van der Waals surface area contributed by atoms with Gasteiger partial charge in [0.05, 0.1) is 23.1 Å². The predicted molar refractivity (Wildman–Crippen MR) is 111 cm³/mol. The molecule has 2 atom stereocenters. The lowest BCUT2D eigenvalue weighted by atomic mass is 9.79. The van der Waals surface area contributed by atoms with Gasteiger partial charge < -0.3 is 10.6 Å². The second kappa shape index (κ2) is 6.97. The van der Waals surface area contributed by atoms with Crippen molar-refractivity contribution in [2.24, 2.45) is 0 Å². The minimum absolute atomic E-state index is 0.179. The molecule has 28 heavy (non-hydrogen) atoms. The van der Waals surface area contributed by atoms with Crippen molar-refractivity contribution >= 4 is 17.2 Å². The third-order valence-corrected chi connectivity index (χ3v) is 5.56. The lowest BCUT2D eigenvalue weighted by Crippen LogP contribution is -2.27. The number of benzene rings is 2. The highest BCUT2D eigenvalue weighted by Crippen LogP contribution is 2.43. The molecule has 0 radical (unpaired) electrons. The number of nitrogens with zero attached hydrogens (tertiary/aromatic N) is 1. The van der Waals surface area contributed by atoms with Crippen LogP contribution < -0.4 is 10.6 Å². The fourth-order valence-corrected chi connectivity index (χ4v) is 4.22. The summed E-state index contributed by atoms with van der Waals surface area (Å²) >= 11 is 0. The van der Waals surface area contributed by atoms with Crippen LogP contribution in [0.5, 0.6) is 0 Å². The van der Waals surface area contributed by atoms with Crippen LogP contribution in [0.3, 0.4) is 0 Å². The fraction of sp³-hybridized carbons (Fsp3) is 0.167. The molecule has 1 aliphatic heterocycles. The summed E-state index contributed by atoms with van der Waals surface area (Å²) in [5.74, 6) is 0.369. The van der Waals surface area contributed by atoms with Gasteiger partial charge in [0.1, 0.15) is 0 Å². The van der Waals surface area contributed by atoms with Crippen LogP contribution >= 0.6 is 0 Å². The molecular weight excluding hydrogens is 346 g/mol. The summed E-state index contributed by atoms with van der Waals surface area (Å²) in [6, 6.07) is 24.0. The van der Waals surface area contributed by atoms with E-state index in [1.54, 1.807) is 6.20 Å². The molecule has 0 fully saturated rings. The lowest BCUT2D eigenvalue weighted by molar-refractivity contribution is -0.116.